The van der Waals surface area contributed by atoms with E-state index in [0.29, 0.717) is 0 Å². The third-order valence-corrected chi connectivity index (χ3v) is 7.71. The quantitative estimate of drug-likeness (QED) is 0.261. The molecule has 0 unspecified atom stereocenters. The van der Waals surface area contributed by atoms with Crippen LogP contribution < -0.4 is 0 Å². The molecule has 0 aliphatic heterocycles. The number of hydrogen-bond acceptors (Lipinski definition) is 3. The predicted molar refractivity (Wildman–Crippen MR) is 149 cm³/mol. The summed E-state index contributed by atoms with van der Waals surface area (Å²) in [6.07, 6.45) is 0. The van der Waals surface area contributed by atoms with E-state index < -0.39 is 0 Å². The fourth-order valence-corrected chi connectivity index (χ4v) is 6.05. The summed E-state index contributed by atoms with van der Waals surface area (Å²) in [7, 11) is 0. The number of benzene rings is 5. The van der Waals surface area contributed by atoms with E-state index in [9.17, 15) is 0 Å². The van der Waals surface area contributed by atoms with Gasteiger partial charge in [0.25, 0.3) is 0 Å². The zero-order chi connectivity index (χ0) is 23.2. The SMILES string of the molecule is c1ccc(-c2cccc(-c3nc(-c4ccccc4)nc4c3sc3c5ccccc5ccc43)c2)cc1. The Bertz CT molecular complexity index is 1840. The first-order valence-electron chi connectivity index (χ1n) is 11.7. The average Bonchev–Trinajstić information content (AvgIpc) is 3.33. The maximum absolute atomic E-state index is 5.15. The predicted octanol–water partition coefficient (Wildman–Crippen LogP) is 9.00. The summed E-state index contributed by atoms with van der Waals surface area (Å²) in [6, 6.07) is 42.4. The molecule has 0 spiro atoms. The van der Waals surface area contributed by atoms with Gasteiger partial charge in [0.1, 0.15) is 0 Å². The summed E-state index contributed by atoms with van der Waals surface area (Å²) in [6.45, 7) is 0. The summed E-state index contributed by atoms with van der Waals surface area (Å²) in [5.41, 5.74) is 6.51. The largest absolute Gasteiger partial charge is 0.226 e. The van der Waals surface area contributed by atoms with E-state index in [1.165, 1.54) is 32.0 Å². The molecule has 0 aliphatic carbocycles. The lowest BCUT2D eigenvalue weighted by Gasteiger charge is -2.09. The molecule has 0 saturated heterocycles. The van der Waals surface area contributed by atoms with Crippen LogP contribution in [0.4, 0.5) is 0 Å². The zero-order valence-electron chi connectivity index (χ0n) is 18.8. The molecule has 0 radical (unpaired) electrons. The number of hydrogen-bond donors (Lipinski definition) is 0. The van der Waals surface area contributed by atoms with Gasteiger partial charge in [-0.15, -0.1) is 11.3 Å². The average molecular weight is 465 g/mol. The lowest BCUT2D eigenvalue weighted by Crippen LogP contribution is -1.93. The summed E-state index contributed by atoms with van der Waals surface area (Å²) < 4.78 is 2.39. The van der Waals surface area contributed by atoms with Crippen molar-refractivity contribution < 1.29 is 0 Å². The molecule has 164 valence electrons. The van der Waals surface area contributed by atoms with Crippen LogP contribution in [-0.2, 0) is 0 Å². The van der Waals surface area contributed by atoms with Crippen LogP contribution in [0.25, 0.3) is 64.8 Å². The molecule has 5 aromatic carbocycles. The van der Waals surface area contributed by atoms with Crippen LogP contribution in [0, 0.1) is 0 Å². The molecule has 0 aliphatic rings. The van der Waals surface area contributed by atoms with Crippen LogP contribution >= 0.6 is 11.3 Å². The Hall–Kier alpha value is -4.34. The minimum atomic E-state index is 0.756. The molecule has 0 amide bonds. The Morgan fingerprint density at radius 3 is 1.97 bits per heavy atom. The minimum absolute atomic E-state index is 0.756. The smallest absolute Gasteiger partial charge is 0.160 e. The number of aromatic nitrogens is 2. The molecular weight excluding hydrogens is 444 g/mol. The Labute approximate surface area is 207 Å². The highest BCUT2D eigenvalue weighted by Crippen LogP contribution is 2.42. The van der Waals surface area contributed by atoms with Crippen LogP contribution in [0.3, 0.4) is 0 Å². The standard InChI is InChI=1S/C32H20N2S/c1-3-10-21(11-4-1)24-15-9-16-25(20-24)28-31-29(34-32(33-28)23-13-5-2-6-14-23)27-19-18-22-12-7-8-17-26(22)30(27)35-31/h1-20H. The van der Waals surface area contributed by atoms with Crippen molar-refractivity contribution in [2.45, 2.75) is 0 Å². The van der Waals surface area contributed by atoms with E-state index in [1.807, 2.05) is 18.2 Å². The van der Waals surface area contributed by atoms with E-state index in [2.05, 4.69) is 103 Å². The van der Waals surface area contributed by atoms with Gasteiger partial charge in [-0.25, -0.2) is 9.97 Å². The molecule has 0 atom stereocenters. The van der Waals surface area contributed by atoms with E-state index in [0.717, 1.165) is 32.9 Å². The molecule has 0 N–H and O–H groups in total. The van der Waals surface area contributed by atoms with Crippen molar-refractivity contribution in [2.24, 2.45) is 0 Å². The summed E-state index contributed by atoms with van der Waals surface area (Å²) >= 11 is 1.79. The number of fused-ring (bicyclic) bond motifs is 5. The summed E-state index contributed by atoms with van der Waals surface area (Å²) in [4.78, 5) is 10.3. The van der Waals surface area contributed by atoms with Crippen molar-refractivity contribution in [3.05, 3.63) is 121 Å². The molecule has 2 heterocycles. The van der Waals surface area contributed by atoms with E-state index in [4.69, 9.17) is 9.97 Å². The molecular formula is C32H20N2S. The maximum atomic E-state index is 5.15. The first-order chi connectivity index (χ1) is 17.3. The molecule has 3 heteroatoms. The monoisotopic (exact) mass is 464 g/mol. The van der Waals surface area contributed by atoms with Crippen molar-refractivity contribution in [1.29, 1.82) is 0 Å². The third-order valence-electron chi connectivity index (χ3n) is 6.48. The van der Waals surface area contributed by atoms with Crippen molar-refractivity contribution in [3.8, 4) is 33.8 Å². The maximum Gasteiger partial charge on any atom is 0.160 e. The van der Waals surface area contributed by atoms with E-state index in [-0.39, 0.29) is 0 Å². The van der Waals surface area contributed by atoms with Gasteiger partial charge in [-0.1, -0.05) is 115 Å². The highest BCUT2D eigenvalue weighted by Gasteiger charge is 2.18. The van der Waals surface area contributed by atoms with Gasteiger partial charge in [-0.3, -0.25) is 0 Å². The Kier molecular flexibility index (Phi) is 4.68. The summed E-state index contributed by atoms with van der Waals surface area (Å²) in [5, 5.41) is 3.69. The lowest BCUT2D eigenvalue weighted by atomic mass is 10.0. The van der Waals surface area contributed by atoms with Gasteiger partial charge >= 0.3 is 0 Å². The molecule has 0 fully saturated rings. The molecule has 35 heavy (non-hydrogen) atoms. The van der Waals surface area contributed by atoms with Crippen molar-refractivity contribution in [1.82, 2.24) is 9.97 Å². The highest BCUT2D eigenvalue weighted by molar-refractivity contribution is 7.27. The Balaban J connectivity index is 1.55. The second-order valence-electron chi connectivity index (χ2n) is 8.65. The topological polar surface area (TPSA) is 25.8 Å². The number of thiophene rings is 1. The van der Waals surface area contributed by atoms with Crippen LogP contribution in [0.2, 0.25) is 0 Å². The normalized spacial score (nSPS) is 11.4. The lowest BCUT2D eigenvalue weighted by molar-refractivity contribution is 1.24. The van der Waals surface area contributed by atoms with Crippen LogP contribution in [0.15, 0.2) is 121 Å². The van der Waals surface area contributed by atoms with Crippen molar-refractivity contribution in [3.63, 3.8) is 0 Å². The zero-order valence-corrected chi connectivity index (χ0v) is 19.7. The van der Waals surface area contributed by atoms with Gasteiger partial charge < -0.3 is 0 Å². The van der Waals surface area contributed by atoms with Crippen LogP contribution in [0.1, 0.15) is 0 Å². The first kappa shape index (κ1) is 20.1. The Morgan fingerprint density at radius 2 is 1.14 bits per heavy atom. The molecule has 7 aromatic rings. The minimum Gasteiger partial charge on any atom is -0.226 e. The van der Waals surface area contributed by atoms with Crippen molar-refractivity contribution >= 4 is 42.4 Å². The fraction of sp³-hybridized carbons (Fsp3) is 0. The number of nitrogens with zero attached hydrogens (tertiary/aromatic N) is 2. The second kappa shape index (κ2) is 8.15. The Morgan fingerprint density at radius 1 is 0.457 bits per heavy atom. The van der Waals surface area contributed by atoms with E-state index >= 15 is 0 Å². The molecule has 2 aromatic heterocycles. The van der Waals surface area contributed by atoms with E-state index in [1.54, 1.807) is 11.3 Å². The molecule has 0 saturated carbocycles. The van der Waals surface area contributed by atoms with Gasteiger partial charge in [0.15, 0.2) is 5.82 Å². The van der Waals surface area contributed by atoms with Gasteiger partial charge in [-0.2, -0.15) is 0 Å². The van der Waals surface area contributed by atoms with Crippen LogP contribution in [0.5, 0.6) is 0 Å². The summed E-state index contributed by atoms with van der Waals surface area (Å²) in [5.74, 6) is 0.756. The van der Waals surface area contributed by atoms with Gasteiger partial charge in [-0.05, 0) is 28.0 Å². The molecule has 0 bridgehead atoms. The first-order valence-corrected chi connectivity index (χ1v) is 12.5. The molecule has 7 rings (SSSR count). The fourth-order valence-electron chi connectivity index (χ4n) is 4.76. The van der Waals surface area contributed by atoms with Gasteiger partial charge in [0.05, 0.1) is 15.9 Å². The third kappa shape index (κ3) is 3.40. The second-order valence-corrected chi connectivity index (χ2v) is 9.67. The van der Waals surface area contributed by atoms with Gasteiger partial charge in [0, 0.05) is 21.2 Å². The molecule has 2 nitrogen and oxygen atoms in total. The van der Waals surface area contributed by atoms with Crippen LogP contribution in [-0.4, -0.2) is 9.97 Å². The van der Waals surface area contributed by atoms with Crippen molar-refractivity contribution in [2.75, 3.05) is 0 Å². The van der Waals surface area contributed by atoms with Gasteiger partial charge in [0.2, 0.25) is 0 Å². The number of rotatable bonds is 3. The highest BCUT2D eigenvalue weighted by atomic mass is 32.1.